The van der Waals surface area contributed by atoms with Gasteiger partial charge in [-0.3, -0.25) is 14.5 Å². The van der Waals surface area contributed by atoms with Gasteiger partial charge in [0.05, 0.1) is 24.2 Å². The van der Waals surface area contributed by atoms with Crippen molar-refractivity contribution in [3.05, 3.63) is 57.8 Å². The van der Waals surface area contributed by atoms with Crippen molar-refractivity contribution in [2.45, 2.75) is 40.3 Å². The second-order valence-corrected chi connectivity index (χ2v) is 8.11. The Morgan fingerprint density at radius 1 is 1.16 bits per heavy atom. The molecule has 3 aromatic rings. The van der Waals surface area contributed by atoms with Gasteiger partial charge >= 0.3 is 0 Å². The van der Waals surface area contributed by atoms with Gasteiger partial charge in [-0.25, -0.2) is 4.98 Å². The van der Waals surface area contributed by atoms with Crippen LogP contribution in [0.15, 0.2) is 35.3 Å². The highest BCUT2D eigenvalue weighted by Crippen LogP contribution is 2.21. The molecule has 1 fully saturated rings. The van der Waals surface area contributed by atoms with Gasteiger partial charge in [0.25, 0.3) is 11.5 Å². The monoisotopic (exact) mass is 437 g/mol. The van der Waals surface area contributed by atoms with Crippen LogP contribution in [0.3, 0.4) is 0 Å². The highest BCUT2D eigenvalue weighted by Gasteiger charge is 2.18. The third-order valence-corrected chi connectivity index (χ3v) is 6.08. The molecule has 3 heterocycles. The van der Waals surface area contributed by atoms with E-state index in [9.17, 15) is 9.59 Å². The van der Waals surface area contributed by atoms with E-state index in [4.69, 9.17) is 9.72 Å². The third kappa shape index (κ3) is 4.47. The van der Waals surface area contributed by atoms with E-state index in [0.29, 0.717) is 17.8 Å². The Kier molecular flexibility index (Phi) is 6.72. The maximum atomic E-state index is 13.1. The lowest BCUT2D eigenvalue weighted by Gasteiger charge is -2.26. The summed E-state index contributed by atoms with van der Waals surface area (Å²) in [6.45, 7) is 11.3. The van der Waals surface area contributed by atoms with Crippen molar-refractivity contribution in [3.8, 4) is 0 Å². The summed E-state index contributed by atoms with van der Waals surface area (Å²) in [6, 6.07) is 7.53. The van der Waals surface area contributed by atoms with E-state index in [-0.39, 0.29) is 11.1 Å². The summed E-state index contributed by atoms with van der Waals surface area (Å²) in [7, 11) is 0. The number of morpholine rings is 1. The van der Waals surface area contributed by atoms with E-state index in [2.05, 4.69) is 28.6 Å². The molecule has 170 valence electrons. The van der Waals surface area contributed by atoms with Gasteiger partial charge in [-0.15, -0.1) is 0 Å². The molecule has 1 aliphatic rings. The number of aryl methyl sites for hydroxylation is 3. The highest BCUT2D eigenvalue weighted by atomic mass is 16.5. The summed E-state index contributed by atoms with van der Waals surface area (Å²) in [5, 5.41) is 2.90. The molecule has 0 saturated carbocycles. The predicted molar refractivity (Wildman–Crippen MR) is 125 cm³/mol. The zero-order chi connectivity index (χ0) is 22.7. The first kappa shape index (κ1) is 22.2. The normalized spacial score (nSPS) is 14.7. The number of benzene rings is 1. The Labute approximate surface area is 187 Å². The molecule has 0 spiro atoms. The molecule has 1 aliphatic heterocycles. The van der Waals surface area contributed by atoms with Crippen molar-refractivity contribution in [3.63, 3.8) is 0 Å². The minimum absolute atomic E-state index is 0.183. The summed E-state index contributed by atoms with van der Waals surface area (Å²) in [4.78, 5) is 33.1. The molecule has 0 radical (unpaired) electrons. The van der Waals surface area contributed by atoms with Gasteiger partial charge < -0.3 is 19.2 Å². The van der Waals surface area contributed by atoms with Gasteiger partial charge in [0, 0.05) is 51.0 Å². The molecular weight excluding hydrogens is 406 g/mol. The van der Waals surface area contributed by atoms with Crippen molar-refractivity contribution < 1.29 is 9.53 Å². The van der Waals surface area contributed by atoms with Crippen LogP contribution in [-0.2, 0) is 24.2 Å². The maximum absolute atomic E-state index is 13.1. The highest BCUT2D eigenvalue weighted by molar-refractivity contribution is 6.05. The van der Waals surface area contributed by atoms with E-state index in [1.807, 2.05) is 24.3 Å². The Morgan fingerprint density at radius 3 is 2.66 bits per heavy atom. The third-order valence-electron chi connectivity index (χ3n) is 6.08. The van der Waals surface area contributed by atoms with Crippen molar-refractivity contribution in [1.82, 2.24) is 19.0 Å². The molecule has 32 heavy (non-hydrogen) atoms. The number of imidazole rings is 1. The molecular formula is C24H31N5O3. The average molecular weight is 438 g/mol. The summed E-state index contributed by atoms with van der Waals surface area (Å²) in [5.41, 5.74) is 3.11. The molecule has 1 N–H and O–H groups in total. The first-order chi connectivity index (χ1) is 15.5. The Morgan fingerprint density at radius 2 is 1.94 bits per heavy atom. The average Bonchev–Trinajstić information content (AvgIpc) is 3.16. The van der Waals surface area contributed by atoms with Crippen molar-refractivity contribution in [1.29, 1.82) is 0 Å². The number of rotatable bonds is 7. The fraction of sp³-hybridized carbons (Fsp3) is 0.458. The van der Waals surface area contributed by atoms with E-state index < -0.39 is 5.91 Å². The van der Waals surface area contributed by atoms with E-state index >= 15 is 0 Å². The first-order valence-corrected chi connectivity index (χ1v) is 11.3. The quantitative estimate of drug-likeness (QED) is 0.615. The van der Waals surface area contributed by atoms with Crippen LogP contribution < -0.4 is 10.9 Å². The standard InChI is InChI=1S/C24H31N5O3/c1-4-21-26-19-16-18(6-7-20(19)29(21)5-2)25-23(30)22-17(3)8-9-28(24(22)31)11-10-27-12-14-32-15-13-27/h6-9,16H,4-5,10-15H2,1-3H3,(H,25,30). The number of anilines is 1. The minimum Gasteiger partial charge on any atom is -0.379 e. The molecule has 8 heteroatoms. The number of carbonyl (C=O) groups excluding carboxylic acids is 1. The molecule has 0 aliphatic carbocycles. The number of nitrogens with one attached hydrogen (secondary N) is 1. The molecule has 0 atom stereocenters. The fourth-order valence-corrected chi connectivity index (χ4v) is 4.27. The second-order valence-electron chi connectivity index (χ2n) is 8.11. The molecule has 8 nitrogen and oxygen atoms in total. The minimum atomic E-state index is -0.391. The Balaban J connectivity index is 1.54. The first-order valence-electron chi connectivity index (χ1n) is 11.3. The van der Waals surface area contributed by atoms with Gasteiger partial charge in [0.15, 0.2) is 0 Å². The van der Waals surface area contributed by atoms with Crippen molar-refractivity contribution in [2.75, 3.05) is 38.2 Å². The van der Waals surface area contributed by atoms with E-state index in [0.717, 1.165) is 62.7 Å². The smallest absolute Gasteiger partial charge is 0.263 e. The zero-order valence-electron chi connectivity index (χ0n) is 19.1. The van der Waals surface area contributed by atoms with Gasteiger partial charge in [-0.2, -0.15) is 0 Å². The molecule has 1 amide bonds. The molecule has 0 bridgehead atoms. The van der Waals surface area contributed by atoms with Crippen LogP contribution in [-0.4, -0.2) is 57.8 Å². The number of aromatic nitrogens is 3. The number of ether oxygens (including phenoxy) is 1. The lowest BCUT2D eigenvalue weighted by Crippen LogP contribution is -2.40. The van der Waals surface area contributed by atoms with Gasteiger partial charge in [0.2, 0.25) is 0 Å². The number of hydrogen-bond donors (Lipinski definition) is 1. The molecule has 4 rings (SSSR count). The summed E-state index contributed by atoms with van der Waals surface area (Å²) in [5.74, 6) is 0.631. The number of carbonyl (C=O) groups is 1. The van der Waals surface area contributed by atoms with Crippen LogP contribution in [0.5, 0.6) is 0 Å². The number of nitrogens with zero attached hydrogens (tertiary/aromatic N) is 4. The SMILES string of the molecule is CCc1nc2cc(NC(=O)c3c(C)ccn(CCN4CCOCC4)c3=O)ccc2n1CC. The van der Waals surface area contributed by atoms with Crippen LogP contribution in [0.4, 0.5) is 5.69 Å². The number of pyridine rings is 1. The fourth-order valence-electron chi connectivity index (χ4n) is 4.27. The van der Waals surface area contributed by atoms with E-state index in [1.165, 1.54) is 0 Å². The lowest BCUT2D eigenvalue weighted by molar-refractivity contribution is 0.0363. The maximum Gasteiger partial charge on any atom is 0.263 e. The molecule has 1 aromatic carbocycles. The largest absolute Gasteiger partial charge is 0.379 e. The van der Waals surface area contributed by atoms with E-state index in [1.54, 1.807) is 17.7 Å². The predicted octanol–water partition coefficient (Wildman–Crippen LogP) is 2.67. The lowest BCUT2D eigenvalue weighted by atomic mass is 10.1. The van der Waals surface area contributed by atoms with Crippen LogP contribution in [0.25, 0.3) is 11.0 Å². The topological polar surface area (TPSA) is 81.4 Å². The molecule has 1 saturated heterocycles. The van der Waals surface area contributed by atoms with Gasteiger partial charge in [-0.05, 0) is 43.7 Å². The Hall–Kier alpha value is -2.97. The summed E-state index contributed by atoms with van der Waals surface area (Å²) < 4.78 is 9.17. The summed E-state index contributed by atoms with van der Waals surface area (Å²) >= 11 is 0. The number of fused-ring (bicyclic) bond motifs is 1. The van der Waals surface area contributed by atoms with Crippen LogP contribution in [0.1, 0.15) is 35.6 Å². The van der Waals surface area contributed by atoms with Gasteiger partial charge in [-0.1, -0.05) is 6.92 Å². The molecule has 2 aromatic heterocycles. The van der Waals surface area contributed by atoms with Crippen LogP contribution >= 0.6 is 0 Å². The van der Waals surface area contributed by atoms with Crippen molar-refractivity contribution in [2.24, 2.45) is 0 Å². The van der Waals surface area contributed by atoms with Crippen LogP contribution in [0.2, 0.25) is 0 Å². The van der Waals surface area contributed by atoms with Crippen LogP contribution in [0, 0.1) is 6.92 Å². The summed E-state index contributed by atoms with van der Waals surface area (Å²) in [6.07, 6.45) is 2.61. The number of amides is 1. The number of hydrogen-bond acceptors (Lipinski definition) is 5. The second kappa shape index (κ2) is 9.67. The van der Waals surface area contributed by atoms with Gasteiger partial charge in [0.1, 0.15) is 11.4 Å². The molecule has 0 unspecified atom stereocenters. The zero-order valence-corrected chi connectivity index (χ0v) is 19.1. The van der Waals surface area contributed by atoms with Crippen molar-refractivity contribution >= 4 is 22.6 Å². The Bertz CT molecular complexity index is 1170.